The zero-order valence-electron chi connectivity index (χ0n) is 9.53. The number of phenols is 1. The molecule has 0 aliphatic carbocycles. The van der Waals surface area contributed by atoms with E-state index in [0.717, 1.165) is 0 Å². The maximum Gasteiger partial charge on any atom is 0.251 e. The maximum atomic E-state index is 11.8. The summed E-state index contributed by atoms with van der Waals surface area (Å²) in [6.07, 6.45) is 0.497. The number of carbonyl (C=O) groups excluding carboxylic acids is 1. The number of aromatic hydroxyl groups is 1. The third kappa shape index (κ3) is 3.55. The van der Waals surface area contributed by atoms with Gasteiger partial charge < -0.3 is 15.5 Å². The van der Waals surface area contributed by atoms with Gasteiger partial charge in [0.25, 0.3) is 5.91 Å². The molecule has 1 aromatic carbocycles. The van der Waals surface area contributed by atoms with Gasteiger partial charge in [-0.05, 0) is 44.5 Å². The molecule has 0 bridgehead atoms. The lowest BCUT2D eigenvalue weighted by Gasteiger charge is -2.25. The lowest BCUT2D eigenvalue weighted by Crippen LogP contribution is -2.44. The highest BCUT2D eigenvalue weighted by molar-refractivity contribution is 5.94. The van der Waals surface area contributed by atoms with Crippen LogP contribution in [0.5, 0.6) is 5.75 Å². The number of phenolic OH excluding ortho intramolecular Hbond substituents is 1. The van der Waals surface area contributed by atoms with Gasteiger partial charge in [-0.3, -0.25) is 4.79 Å². The van der Waals surface area contributed by atoms with Gasteiger partial charge in [0.05, 0.1) is 0 Å². The van der Waals surface area contributed by atoms with Gasteiger partial charge in [-0.1, -0.05) is 0 Å². The van der Waals surface area contributed by atoms with E-state index in [-0.39, 0.29) is 18.3 Å². The van der Waals surface area contributed by atoms with E-state index in [9.17, 15) is 4.79 Å². The number of amides is 1. The van der Waals surface area contributed by atoms with E-state index < -0.39 is 5.54 Å². The summed E-state index contributed by atoms with van der Waals surface area (Å²) in [4.78, 5) is 11.8. The summed E-state index contributed by atoms with van der Waals surface area (Å²) in [6.45, 7) is 3.73. The van der Waals surface area contributed by atoms with Gasteiger partial charge in [0.1, 0.15) is 5.75 Å². The molecule has 0 saturated heterocycles. The molecule has 0 saturated carbocycles. The van der Waals surface area contributed by atoms with Crippen LogP contribution in [0.4, 0.5) is 0 Å². The van der Waals surface area contributed by atoms with Crippen LogP contribution in [0.25, 0.3) is 0 Å². The molecule has 1 amide bonds. The van der Waals surface area contributed by atoms with E-state index >= 15 is 0 Å². The van der Waals surface area contributed by atoms with Crippen molar-refractivity contribution in [2.45, 2.75) is 25.8 Å². The van der Waals surface area contributed by atoms with Crippen molar-refractivity contribution < 1.29 is 15.0 Å². The molecule has 0 unspecified atom stereocenters. The van der Waals surface area contributed by atoms with E-state index in [2.05, 4.69) is 5.32 Å². The summed E-state index contributed by atoms with van der Waals surface area (Å²) in [7, 11) is 0. The SMILES string of the molecule is CC(C)(CCO)NC(=O)c1ccc(O)cc1. The van der Waals surface area contributed by atoms with Crippen molar-refractivity contribution in [1.82, 2.24) is 5.32 Å². The number of hydrogen-bond donors (Lipinski definition) is 3. The molecule has 0 heterocycles. The summed E-state index contributed by atoms with van der Waals surface area (Å²) < 4.78 is 0. The highest BCUT2D eigenvalue weighted by Gasteiger charge is 2.20. The Morgan fingerprint density at radius 1 is 1.31 bits per heavy atom. The minimum atomic E-state index is -0.441. The van der Waals surface area contributed by atoms with Crippen molar-refractivity contribution >= 4 is 5.91 Å². The van der Waals surface area contributed by atoms with Crippen molar-refractivity contribution in [1.29, 1.82) is 0 Å². The summed E-state index contributed by atoms with van der Waals surface area (Å²) in [5.74, 6) is -0.0791. The molecule has 1 rings (SSSR count). The van der Waals surface area contributed by atoms with E-state index in [1.807, 2.05) is 13.8 Å². The second-order valence-corrected chi connectivity index (χ2v) is 4.36. The molecule has 1 aromatic rings. The molecule has 0 atom stereocenters. The van der Waals surface area contributed by atoms with Gasteiger partial charge in [0, 0.05) is 17.7 Å². The first-order chi connectivity index (χ1) is 7.44. The van der Waals surface area contributed by atoms with Gasteiger partial charge in [0.15, 0.2) is 0 Å². The monoisotopic (exact) mass is 223 g/mol. The van der Waals surface area contributed by atoms with Crippen molar-refractivity contribution in [3.63, 3.8) is 0 Å². The van der Waals surface area contributed by atoms with Crippen LogP contribution in [0.3, 0.4) is 0 Å². The predicted octanol–water partition coefficient (Wildman–Crippen LogP) is 1.28. The van der Waals surface area contributed by atoms with Crippen LogP contribution in [-0.2, 0) is 0 Å². The first kappa shape index (κ1) is 12.5. The number of nitrogens with one attached hydrogen (secondary N) is 1. The van der Waals surface area contributed by atoms with Crippen LogP contribution in [0.1, 0.15) is 30.6 Å². The molecule has 0 fully saturated rings. The second-order valence-electron chi connectivity index (χ2n) is 4.36. The smallest absolute Gasteiger partial charge is 0.251 e. The molecular weight excluding hydrogens is 206 g/mol. The average molecular weight is 223 g/mol. The topological polar surface area (TPSA) is 69.6 Å². The Balaban J connectivity index is 2.69. The standard InChI is InChI=1S/C12H17NO3/c1-12(2,7-8-14)13-11(16)9-3-5-10(15)6-4-9/h3-6,14-15H,7-8H2,1-2H3,(H,13,16). The number of benzene rings is 1. The van der Waals surface area contributed by atoms with Crippen LogP contribution in [0.2, 0.25) is 0 Å². The fourth-order valence-electron chi connectivity index (χ4n) is 1.33. The molecular formula is C12H17NO3. The molecule has 4 nitrogen and oxygen atoms in total. The first-order valence-corrected chi connectivity index (χ1v) is 5.17. The van der Waals surface area contributed by atoms with E-state index in [0.29, 0.717) is 12.0 Å². The van der Waals surface area contributed by atoms with Crippen LogP contribution >= 0.6 is 0 Å². The van der Waals surface area contributed by atoms with Crippen molar-refractivity contribution in [2.75, 3.05) is 6.61 Å². The largest absolute Gasteiger partial charge is 0.508 e. The minimum Gasteiger partial charge on any atom is -0.508 e. The zero-order chi connectivity index (χ0) is 12.2. The summed E-state index contributed by atoms with van der Waals surface area (Å²) in [6, 6.07) is 6.04. The molecule has 0 aliphatic rings. The Morgan fingerprint density at radius 3 is 2.38 bits per heavy atom. The molecule has 88 valence electrons. The third-order valence-corrected chi connectivity index (χ3v) is 2.32. The molecule has 0 radical (unpaired) electrons. The normalized spacial score (nSPS) is 11.2. The fourth-order valence-corrected chi connectivity index (χ4v) is 1.33. The molecule has 16 heavy (non-hydrogen) atoms. The van der Waals surface area contributed by atoms with Gasteiger partial charge in [0.2, 0.25) is 0 Å². The number of rotatable bonds is 4. The quantitative estimate of drug-likeness (QED) is 0.720. The summed E-state index contributed by atoms with van der Waals surface area (Å²) >= 11 is 0. The minimum absolute atomic E-state index is 0.0306. The van der Waals surface area contributed by atoms with Gasteiger partial charge in [-0.25, -0.2) is 0 Å². The second kappa shape index (κ2) is 4.99. The highest BCUT2D eigenvalue weighted by Crippen LogP contribution is 2.12. The molecule has 0 aliphatic heterocycles. The molecule has 4 heteroatoms. The Hall–Kier alpha value is -1.55. The van der Waals surface area contributed by atoms with Crippen LogP contribution < -0.4 is 5.32 Å². The average Bonchev–Trinajstić information content (AvgIpc) is 2.17. The molecule has 0 spiro atoms. The van der Waals surface area contributed by atoms with Crippen LogP contribution in [-0.4, -0.2) is 28.3 Å². The molecule has 0 aromatic heterocycles. The maximum absolute atomic E-state index is 11.8. The lowest BCUT2D eigenvalue weighted by atomic mass is 10.0. The predicted molar refractivity (Wildman–Crippen MR) is 61.4 cm³/mol. The van der Waals surface area contributed by atoms with E-state index in [1.54, 1.807) is 12.1 Å². The van der Waals surface area contributed by atoms with Crippen LogP contribution in [0, 0.1) is 0 Å². The Morgan fingerprint density at radius 2 is 1.88 bits per heavy atom. The first-order valence-electron chi connectivity index (χ1n) is 5.17. The summed E-state index contributed by atoms with van der Waals surface area (Å²) in [5, 5.41) is 20.7. The summed E-state index contributed by atoms with van der Waals surface area (Å²) in [5.41, 5.74) is 0.0489. The fraction of sp³-hybridized carbons (Fsp3) is 0.417. The lowest BCUT2D eigenvalue weighted by molar-refractivity contribution is 0.0899. The van der Waals surface area contributed by atoms with Gasteiger partial charge in [-0.15, -0.1) is 0 Å². The van der Waals surface area contributed by atoms with Crippen molar-refractivity contribution in [3.8, 4) is 5.75 Å². The third-order valence-electron chi connectivity index (χ3n) is 2.32. The Labute approximate surface area is 94.9 Å². The zero-order valence-corrected chi connectivity index (χ0v) is 9.53. The number of aliphatic hydroxyl groups is 1. The van der Waals surface area contributed by atoms with Gasteiger partial charge >= 0.3 is 0 Å². The van der Waals surface area contributed by atoms with E-state index in [4.69, 9.17) is 10.2 Å². The molecule has 3 N–H and O–H groups in total. The van der Waals surface area contributed by atoms with Crippen LogP contribution in [0.15, 0.2) is 24.3 Å². The van der Waals surface area contributed by atoms with Gasteiger partial charge in [-0.2, -0.15) is 0 Å². The van der Waals surface area contributed by atoms with Crippen molar-refractivity contribution in [3.05, 3.63) is 29.8 Å². The number of aliphatic hydroxyl groups excluding tert-OH is 1. The Kier molecular flexibility index (Phi) is 3.90. The van der Waals surface area contributed by atoms with Crippen molar-refractivity contribution in [2.24, 2.45) is 0 Å². The number of carbonyl (C=O) groups is 1. The number of hydrogen-bond acceptors (Lipinski definition) is 3. The highest BCUT2D eigenvalue weighted by atomic mass is 16.3. The van der Waals surface area contributed by atoms with E-state index in [1.165, 1.54) is 12.1 Å². The Bertz CT molecular complexity index is 357.